The second-order valence-electron chi connectivity index (χ2n) is 6.53. The van der Waals surface area contributed by atoms with Crippen LogP contribution in [0.2, 0.25) is 0 Å². The molecule has 0 atom stereocenters. The van der Waals surface area contributed by atoms with Crippen LogP contribution >= 0.6 is 0 Å². The van der Waals surface area contributed by atoms with E-state index in [0.717, 1.165) is 5.69 Å². The molecule has 1 aliphatic rings. The van der Waals surface area contributed by atoms with Crippen LogP contribution in [0.25, 0.3) is 0 Å². The lowest BCUT2D eigenvalue weighted by Crippen LogP contribution is -2.25. The molecule has 1 N–H and O–H groups in total. The molecule has 6 nitrogen and oxygen atoms in total. The molecule has 0 saturated carbocycles. The normalized spacial score (nSPS) is 17.7. The van der Waals surface area contributed by atoms with Gasteiger partial charge in [0.1, 0.15) is 5.76 Å². The van der Waals surface area contributed by atoms with Crippen molar-refractivity contribution in [2.75, 3.05) is 11.9 Å². The maximum Gasteiger partial charge on any atom is 0.223 e. The summed E-state index contributed by atoms with van der Waals surface area (Å²) in [5.41, 5.74) is 1.07. The third-order valence-electron chi connectivity index (χ3n) is 3.80. The van der Waals surface area contributed by atoms with Gasteiger partial charge in [-0.15, -0.1) is 5.11 Å². The number of hydrogen-bond donors (Lipinski definition) is 1. The Kier molecular flexibility index (Phi) is 4.63. The molecule has 23 heavy (non-hydrogen) atoms. The van der Waals surface area contributed by atoms with E-state index in [0.29, 0.717) is 18.5 Å². The average Bonchev–Trinajstić information content (AvgIpc) is 2.45. The molecule has 0 radical (unpaired) electrons. The Morgan fingerprint density at radius 3 is 2.30 bits per heavy atom. The second-order valence-corrected chi connectivity index (χ2v) is 6.53. The van der Waals surface area contributed by atoms with Gasteiger partial charge in [0.25, 0.3) is 0 Å². The third kappa shape index (κ3) is 4.03. The molecule has 0 aromatic heterocycles. The molecule has 6 heteroatoms. The summed E-state index contributed by atoms with van der Waals surface area (Å²) < 4.78 is 0. The fraction of sp³-hybridized carbons (Fsp3) is 0.412. The Hall–Kier alpha value is -2.50. The van der Waals surface area contributed by atoms with Gasteiger partial charge in [0.05, 0.1) is 5.69 Å². The lowest BCUT2D eigenvalue weighted by Gasteiger charge is -2.27. The van der Waals surface area contributed by atoms with Gasteiger partial charge in [-0.3, -0.25) is 9.59 Å². The fourth-order valence-electron chi connectivity index (χ4n) is 2.42. The summed E-state index contributed by atoms with van der Waals surface area (Å²) in [5, 5.41) is 17.9. The molecule has 2 rings (SSSR count). The van der Waals surface area contributed by atoms with E-state index in [-0.39, 0.29) is 28.6 Å². The highest BCUT2D eigenvalue weighted by atomic mass is 16.3. The largest absolute Gasteiger partial charge is 0.510 e. The number of carbonyl (C=O) groups is 2. The van der Waals surface area contributed by atoms with E-state index in [1.54, 1.807) is 31.3 Å². The molecule has 0 fully saturated rings. The zero-order chi connectivity index (χ0) is 17.2. The Morgan fingerprint density at radius 2 is 1.78 bits per heavy atom. The number of hydrogen-bond acceptors (Lipinski definition) is 5. The molecule has 1 aromatic rings. The van der Waals surface area contributed by atoms with Gasteiger partial charge in [-0.05, 0) is 29.7 Å². The van der Waals surface area contributed by atoms with Crippen molar-refractivity contribution in [3.05, 3.63) is 35.7 Å². The fourth-order valence-corrected chi connectivity index (χ4v) is 2.42. The Bertz CT molecular complexity index is 688. The van der Waals surface area contributed by atoms with Crippen LogP contribution in [-0.4, -0.2) is 23.8 Å². The maximum atomic E-state index is 12.0. The van der Waals surface area contributed by atoms with Crippen LogP contribution in [0.5, 0.6) is 0 Å². The van der Waals surface area contributed by atoms with Gasteiger partial charge in [0.15, 0.2) is 11.5 Å². The lowest BCUT2D eigenvalue weighted by molar-refractivity contribution is -0.118. The third-order valence-corrected chi connectivity index (χ3v) is 3.80. The van der Waals surface area contributed by atoms with Crippen molar-refractivity contribution in [1.82, 2.24) is 0 Å². The minimum absolute atomic E-state index is 0.0112. The summed E-state index contributed by atoms with van der Waals surface area (Å²) in [6.45, 7) is 5.34. The number of amides is 1. The van der Waals surface area contributed by atoms with E-state index >= 15 is 0 Å². The zero-order valence-corrected chi connectivity index (χ0v) is 13.8. The number of nitrogens with zero attached hydrogens (tertiary/aromatic N) is 3. The van der Waals surface area contributed by atoms with E-state index in [1.807, 2.05) is 13.8 Å². The minimum atomic E-state index is -0.251. The number of aliphatic hydroxyl groups excluding tert-OH is 1. The average molecular weight is 315 g/mol. The number of rotatable bonds is 3. The molecular formula is C17H21N3O3. The molecule has 1 aromatic carbocycles. The van der Waals surface area contributed by atoms with Gasteiger partial charge in [-0.25, -0.2) is 0 Å². The number of carbonyl (C=O) groups excluding carboxylic acids is 2. The monoisotopic (exact) mass is 315 g/mol. The topological polar surface area (TPSA) is 82.3 Å². The molecule has 0 bridgehead atoms. The van der Waals surface area contributed by atoms with Gasteiger partial charge in [0.2, 0.25) is 5.91 Å². The smallest absolute Gasteiger partial charge is 0.223 e. The maximum absolute atomic E-state index is 12.0. The number of anilines is 1. The van der Waals surface area contributed by atoms with Gasteiger partial charge in [0, 0.05) is 32.5 Å². The number of allylic oxidation sites excluding steroid dienone is 2. The molecule has 1 aliphatic carbocycles. The lowest BCUT2D eigenvalue weighted by atomic mass is 9.78. The van der Waals surface area contributed by atoms with Gasteiger partial charge < -0.3 is 10.0 Å². The van der Waals surface area contributed by atoms with Crippen LogP contribution in [-0.2, 0) is 9.59 Å². The molecule has 0 spiro atoms. The van der Waals surface area contributed by atoms with E-state index < -0.39 is 0 Å². The van der Waals surface area contributed by atoms with Crippen LogP contribution in [0.15, 0.2) is 46.0 Å². The highest BCUT2D eigenvalue weighted by molar-refractivity contribution is 5.96. The van der Waals surface area contributed by atoms with Crippen LogP contribution in [0.3, 0.4) is 0 Å². The number of benzene rings is 1. The Balaban J connectivity index is 2.17. The molecule has 0 heterocycles. The quantitative estimate of drug-likeness (QED) is 0.858. The van der Waals surface area contributed by atoms with Crippen LogP contribution in [0, 0.1) is 5.41 Å². The predicted molar refractivity (Wildman–Crippen MR) is 87.7 cm³/mol. The molecule has 0 saturated heterocycles. The van der Waals surface area contributed by atoms with Crippen LogP contribution in [0.1, 0.15) is 33.6 Å². The molecule has 1 amide bonds. The van der Waals surface area contributed by atoms with Crippen LogP contribution < -0.4 is 4.90 Å². The highest BCUT2D eigenvalue weighted by Crippen LogP contribution is 2.36. The number of Topliss-reactive ketones (excluding diaryl/α,β-unsaturated/α-hetero) is 1. The molecular weight excluding hydrogens is 294 g/mol. The van der Waals surface area contributed by atoms with Crippen molar-refractivity contribution in [3.8, 4) is 0 Å². The van der Waals surface area contributed by atoms with Crippen molar-refractivity contribution < 1.29 is 14.7 Å². The number of ketones is 1. The predicted octanol–water partition coefficient (Wildman–Crippen LogP) is 3.91. The number of aliphatic hydroxyl groups is 1. The van der Waals surface area contributed by atoms with E-state index in [1.165, 1.54) is 11.8 Å². The zero-order valence-electron chi connectivity index (χ0n) is 13.8. The first kappa shape index (κ1) is 16.9. The summed E-state index contributed by atoms with van der Waals surface area (Å²) in [6.07, 6.45) is 0.753. The summed E-state index contributed by atoms with van der Waals surface area (Å²) in [5.74, 6) is -0.275. The Labute approximate surface area is 135 Å². The SMILES string of the molecule is CC(=O)N(C)c1ccc(N=NC2=C(O)CC(C)(C)CC2=O)cc1. The molecule has 0 unspecified atom stereocenters. The van der Waals surface area contributed by atoms with Gasteiger partial charge >= 0.3 is 0 Å². The second kappa shape index (κ2) is 6.32. The van der Waals surface area contributed by atoms with E-state index in [9.17, 15) is 14.7 Å². The van der Waals surface area contributed by atoms with Crippen molar-refractivity contribution in [1.29, 1.82) is 0 Å². The van der Waals surface area contributed by atoms with Crippen LogP contribution in [0.4, 0.5) is 11.4 Å². The van der Waals surface area contributed by atoms with Crippen molar-refractivity contribution in [3.63, 3.8) is 0 Å². The minimum Gasteiger partial charge on any atom is -0.510 e. The molecule has 0 aliphatic heterocycles. The van der Waals surface area contributed by atoms with Gasteiger partial charge in [-0.2, -0.15) is 5.11 Å². The van der Waals surface area contributed by atoms with Crippen molar-refractivity contribution in [2.24, 2.45) is 15.6 Å². The summed E-state index contributed by atoms with van der Waals surface area (Å²) in [7, 11) is 1.68. The van der Waals surface area contributed by atoms with Crippen molar-refractivity contribution in [2.45, 2.75) is 33.6 Å². The molecule has 122 valence electrons. The first-order valence-corrected chi connectivity index (χ1v) is 7.41. The first-order valence-electron chi connectivity index (χ1n) is 7.41. The summed E-state index contributed by atoms with van der Waals surface area (Å²) >= 11 is 0. The van der Waals surface area contributed by atoms with Crippen molar-refractivity contribution >= 4 is 23.1 Å². The van der Waals surface area contributed by atoms with Gasteiger partial charge in [-0.1, -0.05) is 13.8 Å². The Morgan fingerprint density at radius 1 is 1.17 bits per heavy atom. The number of azo groups is 1. The summed E-state index contributed by atoms with van der Waals surface area (Å²) in [4.78, 5) is 24.9. The standard InChI is InChI=1S/C17H21N3O3/c1-11(21)20(4)13-7-5-12(6-8-13)18-19-16-14(22)9-17(2,3)10-15(16)23/h5-8,22H,9-10H2,1-4H3. The summed E-state index contributed by atoms with van der Waals surface area (Å²) in [6, 6.07) is 6.89. The highest BCUT2D eigenvalue weighted by Gasteiger charge is 2.33. The first-order chi connectivity index (χ1) is 10.7. The van der Waals surface area contributed by atoms with E-state index in [2.05, 4.69) is 10.2 Å². The van der Waals surface area contributed by atoms with E-state index in [4.69, 9.17) is 0 Å².